The SMILES string of the molecule is CN(C)n1cccc1-c1ccccc1F. The summed E-state index contributed by atoms with van der Waals surface area (Å²) in [4.78, 5) is 0. The van der Waals surface area contributed by atoms with Crippen LogP contribution in [0.15, 0.2) is 42.6 Å². The van der Waals surface area contributed by atoms with Crippen LogP contribution >= 0.6 is 0 Å². The molecule has 1 heterocycles. The van der Waals surface area contributed by atoms with Crippen LogP contribution in [0.4, 0.5) is 4.39 Å². The van der Waals surface area contributed by atoms with E-state index in [9.17, 15) is 4.39 Å². The van der Waals surface area contributed by atoms with Gasteiger partial charge in [0.15, 0.2) is 0 Å². The predicted octanol–water partition coefficient (Wildman–Crippen LogP) is 2.49. The van der Waals surface area contributed by atoms with E-state index in [0.717, 1.165) is 5.69 Å². The standard InChI is InChI=1S/C12H13FN2/c1-14(2)15-9-5-8-12(15)10-6-3-4-7-11(10)13/h3-9H,1-2H3. The van der Waals surface area contributed by atoms with Crippen molar-refractivity contribution >= 4 is 0 Å². The quantitative estimate of drug-likeness (QED) is 0.729. The Morgan fingerprint density at radius 2 is 1.80 bits per heavy atom. The van der Waals surface area contributed by atoms with Crippen LogP contribution in [0.1, 0.15) is 0 Å². The van der Waals surface area contributed by atoms with Gasteiger partial charge in [-0.2, -0.15) is 0 Å². The molecule has 0 fully saturated rings. The molecule has 0 aliphatic carbocycles. The van der Waals surface area contributed by atoms with E-state index in [-0.39, 0.29) is 5.82 Å². The van der Waals surface area contributed by atoms with Crippen molar-refractivity contribution < 1.29 is 4.39 Å². The molecule has 0 bridgehead atoms. The first-order valence-electron chi connectivity index (χ1n) is 4.80. The van der Waals surface area contributed by atoms with Gasteiger partial charge in [0.2, 0.25) is 0 Å². The van der Waals surface area contributed by atoms with Crippen molar-refractivity contribution in [1.29, 1.82) is 0 Å². The Labute approximate surface area is 88.5 Å². The summed E-state index contributed by atoms with van der Waals surface area (Å²) < 4.78 is 15.5. The highest BCUT2D eigenvalue weighted by Gasteiger charge is 2.08. The van der Waals surface area contributed by atoms with Crippen molar-refractivity contribution in [3.8, 4) is 11.3 Å². The minimum atomic E-state index is -0.195. The average Bonchev–Trinajstić information content (AvgIpc) is 2.67. The molecule has 1 aromatic carbocycles. The van der Waals surface area contributed by atoms with Crippen LogP contribution in [-0.4, -0.2) is 18.8 Å². The maximum absolute atomic E-state index is 13.6. The summed E-state index contributed by atoms with van der Waals surface area (Å²) in [6.45, 7) is 0. The van der Waals surface area contributed by atoms with Crippen LogP contribution in [0.2, 0.25) is 0 Å². The van der Waals surface area contributed by atoms with Crippen LogP contribution in [0.3, 0.4) is 0 Å². The normalized spacial score (nSPS) is 10.3. The van der Waals surface area contributed by atoms with E-state index in [1.54, 1.807) is 12.1 Å². The van der Waals surface area contributed by atoms with Gasteiger partial charge in [-0.15, -0.1) is 0 Å². The second-order valence-electron chi connectivity index (χ2n) is 3.57. The number of rotatable bonds is 2. The van der Waals surface area contributed by atoms with Crippen molar-refractivity contribution in [3.05, 3.63) is 48.4 Å². The summed E-state index contributed by atoms with van der Waals surface area (Å²) in [6, 6.07) is 10.6. The minimum absolute atomic E-state index is 0.195. The zero-order chi connectivity index (χ0) is 10.8. The van der Waals surface area contributed by atoms with Crippen LogP contribution < -0.4 is 5.01 Å². The summed E-state index contributed by atoms with van der Waals surface area (Å²) in [5.74, 6) is -0.195. The number of nitrogens with zero attached hydrogens (tertiary/aromatic N) is 2. The Kier molecular flexibility index (Phi) is 2.46. The Morgan fingerprint density at radius 3 is 2.47 bits per heavy atom. The molecule has 0 spiro atoms. The maximum Gasteiger partial charge on any atom is 0.132 e. The lowest BCUT2D eigenvalue weighted by Gasteiger charge is -2.18. The van der Waals surface area contributed by atoms with Crippen molar-refractivity contribution in [3.63, 3.8) is 0 Å². The zero-order valence-corrected chi connectivity index (χ0v) is 8.81. The Hall–Kier alpha value is -1.77. The molecule has 0 amide bonds. The number of hydrogen-bond acceptors (Lipinski definition) is 1. The van der Waals surface area contributed by atoms with Crippen LogP contribution in [0.25, 0.3) is 11.3 Å². The molecule has 78 valence electrons. The topological polar surface area (TPSA) is 8.17 Å². The van der Waals surface area contributed by atoms with Crippen molar-refractivity contribution in [2.45, 2.75) is 0 Å². The first-order chi connectivity index (χ1) is 7.20. The largest absolute Gasteiger partial charge is 0.319 e. The van der Waals surface area contributed by atoms with Crippen molar-refractivity contribution in [1.82, 2.24) is 4.68 Å². The lowest BCUT2D eigenvalue weighted by atomic mass is 10.1. The molecular formula is C12H13FN2. The summed E-state index contributed by atoms with van der Waals surface area (Å²) >= 11 is 0. The van der Waals surface area contributed by atoms with Gasteiger partial charge in [-0.05, 0) is 24.3 Å². The third-order valence-corrected chi connectivity index (χ3v) is 2.31. The summed E-state index contributed by atoms with van der Waals surface area (Å²) in [6.07, 6.45) is 1.90. The average molecular weight is 204 g/mol. The molecule has 3 heteroatoms. The minimum Gasteiger partial charge on any atom is -0.319 e. The summed E-state index contributed by atoms with van der Waals surface area (Å²) in [5.41, 5.74) is 1.48. The fourth-order valence-electron chi connectivity index (χ4n) is 1.60. The van der Waals surface area contributed by atoms with E-state index in [4.69, 9.17) is 0 Å². The molecule has 2 rings (SSSR count). The van der Waals surface area contributed by atoms with Gasteiger partial charge < -0.3 is 5.01 Å². The molecule has 0 saturated heterocycles. The third kappa shape index (κ3) is 1.73. The Morgan fingerprint density at radius 1 is 1.07 bits per heavy atom. The highest BCUT2D eigenvalue weighted by atomic mass is 19.1. The molecule has 2 nitrogen and oxygen atoms in total. The molecule has 0 N–H and O–H groups in total. The molecular weight excluding hydrogens is 191 g/mol. The molecule has 0 radical (unpaired) electrons. The van der Waals surface area contributed by atoms with Gasteiger partial charge in [0, 0.05) is 25.9 Å². The molecule has 15 heavy (non-hydrogen) atoms. The van der Waals surface area contributed by atoms with Gasteiger partial charge in [0.1, 0.15) is 5.82 Å². The second-order valence-corrected chi connectivity index (χ2v) is 3.57. The highest BCUT2D eigenvalue weighted by molar-refractivity contribution is 5.61. The maximum atomic E-state index is 13.6. The summed E-state index contributed by atoms with van der Waals surface area (Å²) in [7, 11) is 3.84. The van der Waals surface area contributed by atoms with Crippen molar-refractivity contribution in [2.24, 2.45) is 0 Å². The Bertz CT molecular complexity index is 460. The van der Waals surface area contributed by atoms with Gasteiger partial charge in [-0.25, -0.2) is 4.39 Å². The zero-order valence-electron chi connectivity index (χ0n) is 8.81. The predicted molar refractivity (Wildman–Crippen MR) is 59.9 cm³/mol. The number of halogens is 1. The molecule has 0 aliphatic rings. The molecule has 0 saturated carbocycles. The lowest BCUT2D eigenvalue weighted by molar-refractivity contribution is 0.628. The molecule has 0 unspecified atom stereocenters. The molecule has 2 aromatic rings. The molecule has 0 atom stereocenters. The monoisotopic (exact) mass is 204 g/mol. The van der Waals surface area contributed by atoms with Crippen LogP contribution in [0.5, 0.6) is 0 Å². The highest BCUT2D eigenvalue weighted by Crippen LogP contribution is 2.22. The van der Waals surface area contributed by atoms with Gasteiger partial charge in [0.05, 0.1) is 5.69 Å². The van der Waals surface area contributed by atoms with Crippen LogP contribution in [-0.2, 0) is 0 Å². The van der Waals surface area contributed by atoms with Gasteiger partial charge in [-0.3, -0.25) is 4.68 Å². The fourth-order valence-corrected chi connectivity index (χ4v) is 1.60. The van der Waals surface area contributed by atoms with Gasteiger partial charge in [0.25, 0.3) is 0 Å². The van der Waals surface area contributed by atoms with Crippen LogP contribution in [0, 0.1) is 5.82 Å². The summed E-state index contributed by atoms with van der Waals surface area (Å²) in [5, 5.41) is 1.90. The van der Waals surface area contributed by atoms with E-state index in [0.29, 0.717) is 5.56 Å². The fraction of sp³-hybridized carbons (Fsp3) is 0.167. The first kappa shape index (κ1) is 9.77. The smallest absolute Gasteiger partial charge is 0.132 e. The number of aromatic nitrogens is 1. The van der Waals surface area contributed by atoms with Gasteiger partial charge in [-0.1, -0.05) is 12.1 Å². The lowest BCUT2D eigenvalue weighted by Crippen LogP contribution is -2.24. The van der Waals surface area contributed by atoms with E-state index in [2.05, 4.69) is 0 Å². The Balaban J connectivity index is 2.55. The van der Waals surface area contributed by atoms with Gasteiger partial charge >= 0.3 is 0 Å². The van der Waals surface area contributed by atoms with E-state index >= 15 is 0 Å². The second kappa shape index (κ2) is 3.77. The van der Waals surface area contributed by atoms with Crippen molar-refractivity contribution in [2.75, 3.05) is 19.1 Å². The van der Waals surface area contributed by atoms with E-state index < -0.39 is 0 Å². The molecule has 1 aromatic heterocycles. The number of benzene rings is 1. The van der Waals surface area contributed by atoms with E-state index in [1.165, 1.54) is 6.07 Å². The number of hydrogen-bond donors (Lipinski definition) is 0. The third-order valence-electron chi connectivity index (χ3n) is 2.31. The van der Waals surface area contributed by atoms with E-state index in [1.807, 2.05) is 48.2 Å². The molecule has 0 aliphatic heterocycles. The first-order valence-corrected chi connectivity index (χ1v) is 4.80.